The molecule has 0 aromatic heterocycles. The number of nitrogens with one attached hydrogen (secondary N) is 3. The van der Waals surface area contributed by atoms with Crippen molar-refractivity contribution in [2.45, 2.75) is 18.8 Å². The summed E-state index contributed by atoms with van der Waals surface area (Å²) >= 11 is 0. The molecule has 0 radical (unpaired) electrons. The molecule has 7 nitrogen and oxygen atoms in total. The number of nitrogens with two attached hydrogens (primary N) is 1. The van der Waals surface area contributed by atoms with Gasteiger partial charge in [-0.1, -0.05) is 0 Å². The van der Waals surface area contributed by atoms with Crippen molar-refractivity contribution in [2.75, 3.05) is 0 Å². The maximum Gasteiger partial charge on any atom is 0.209 e. The maximum absolute atomic E-state index is 10.1. The first-order chi connectivity index (χ1) is 6.10. The minimum atomic E-state index is -1.47. The summed E-state index contributed by atoms with van der Waals surface area (Å²) < 4.78 is 0. The summed E-state index contributed by atoms with van der Waals surface area (Å²) in [4.78, 5) is 30.4. The third-order valence-corrected chi connectivity index (χ3v) is 1.60. The lowest BCUT2D eigenvalue weighted by atomic mass is 10.2. The molecule has 0 aliphatic carbocycles. The zero-order chi connectivity index (χ0) is 10.3. The van der Waals surface area contributed by atoms with Gasteiger partial charge in [-0.25, -0.2) is 0 Å². The van der Waals surface area contributed by atoms with E-state index < -0.39 is 11.8 Å². The van der Waals surface area contributed by atoms with Crippen LogP contribution in [-0.4, -0.2) is 31.1 Å². The van der Waals surface area contributed by atoms with Crippen LogP contribution in [0.3, 0.4) is 0 Å². The van der Waals surface area contributed by atoms with Gasteiger partial charge in [-0.2, -0.15) is 0 Å². The number of rotatable bonds is 7. The molecule has 0 aromatic carbocycles. The smallest absolute Gasteiger partial charge is 0.209 e. The van der Waals surface area contributed by atoms with Gasteiger partial charge in [-0.05, 0) is 6.92 Å². The fraction of sp³-hybridized carbons (Fsp3) is 0.500. The summed E-state index contributed by atoms with van der Waals surface area (Å²) in [5, 5.41) is 6.66. The van der Waals surface area contributed by atoms with E-state index in [1.807, 2.05) is 0 Å². The summed E-state index contributed by atoms with van der Waals surface area (Å²) in [5.74, 6) is -1.47. The standard InChI is InChI=1S/C6H12N4O3.ClH/c1-5(8-2-11)6(7,9-3-12)10-4-13;/h2-5H,7H2,1H3,(H,8,11)(H,9,12)(H,10,13);1H. The number of carbonyl (C=O) groups is 3. The first-order valence-electron chi connectivity index (χ1n) is 3.52. The molecule has 14 heavy (non-hydrogen) atoms. The number of hydrogen-bond acceptors (Lipinski definition) is 4. The molecule has 0 aliphatic heterocycles. The molecule has 0 rings (SSSR count). The van der Waals surface area contributed by atoms with Crippen LogP contribution in [0.1, 0.15) is 6.92 Å². The largest absolute Gasteiger partial charge is 0.350 e. The van der Waals surface area contributed by atoms with E-state index in [0.29, 0.717) is 19.2 Å². The van der Waals surface area contributed by atoms with Crippen LogP contribution in [0, 0.1) is 0 Å². The van der Waals surface area contributed by atoms with E-state index in [0.717, 1.165) is 0 Å². The fourth-order valence-electron chi connectivity index (χ4n) is 0.720. The van der Waals surface area contributed by atoms with Crippen molar-refractivity contribution in [2.24, 2.45) is 5.73 Å². The highest BCUT2D eigenvalue weighted by molar-refractivity contribution is 5.85. The van der Waals surface area contributed by atoms with E-state index in [-0.39, 0.29) is 12.4 Å². The summed E-state index contributed by atoms with van der Waals surface area (Å²) in [6.07, 6.45) is 1.09. The zero-order valence-electron chi connectivity index (χ0n) is 7.52. The molecule has 0 fully saturated rings. The van der Waals surface area contributed by atoms with Crippen molar-refractivity contribution in [1.82, 2.24) is 16.0 Å². The topological polar surface area (TPSA) is 113 Å². The predicted octanol–water partition coefficient (Wildman–Crippen LogP) is -2.35. The van der Waals surface area contributed by atoms with Crippen molar-refractivity contribution >= 4 is 31.6 Å². The molecule has 0 heterocycles. The highest BCUT2D eigenvalue weighted by atomic mass is 35.5. The Kier molecular flexibility index (Phi) is 7.68. The first-order valence-corrected chi connectivity index (χ1v) is 3.52. The van der Waals surface area contributed by atoms with Gasteiger partial charge in [0.1, 0.15) is 0 Å². The van der Waals surface area contributed by atoms with E-state index in [4.69, 9.17) is 5.73 Å². The number of hydrogen-bond donors (Lipinski definition) is 4. The van der Waals surface area contributed by atoms with E-state index in [1.54, 1.807) is 0 Å². The Morgan fingerprint density at radius 1 is 1.14 bits per heavy atom. The summed E-state index contributed by atoms with van der Waals surface area (Å²) in [6, 6.07) is -0.625. The number of carbonyl (C=O) groups excluding carboxylic acids is 3. The SMILES string of the molecule is CC(NC=O)C(N)(NC=O)NC=O.Cl. The van der Waals surface area contributed by atoms with Crippen LogP contribution in [0.25, 0.3) is 0 Å². The van der Waals surface area contributed by atoms with Gasteiger partial charge in [0.25, 0.3) is 0 Å². The summed E-state index contributed by atoms with van der Waals surface area (Å²) in [7, 11) is 0. The van der Waals surface area contributed by atoms with Crippen LogP contribution >= 0.6 is 12.4 Å². The summed E-state index contributed by atoms with van der Waals surface area (Å²) in [5.41, 5.74) is 5.54. The van der Waals surface area contributed by atoms with Crippen molar-refractivity contribution in [3.05, 3.63) is 0 Å². The Labute approximate surface area is 87.2 Å². The molecule has 0 saturated carbocycles. The van der Waals surface area contributed by atoms with Gasteiger partial charge in [0.05, 0.1) is 6.04 Å². The van der Waals surface area contributed by atoms with Gasteiger partial charge in [0.2, 0.25) is 19.2 Å². The second-order valence-electron chi connectivity index (χ2n) is 2.40. The summed E-state index contributed by atoms with van der Waals surface area (Å²) in [6.45, 7) is 1.53. The van der Waals surface area contributed by atoms with Gasteiger partial charge < -0.3 is 16.0 Å². The molecule has 1 atom stereocenters. The third kappa shape index (κ3) is 4.06. The van der Waals surface area contributed by atoms with E-state index in [2.05, 4.69) is 16.0 Å². The van der Waals surface area contributed by atoms with E-state index in [9.17, 15) is 14.4 Å². The highest BCUT2D eigenvalue weighted by Crippen LogP contribution is 1.95. The normalized spacial score (nSPS) is 11.6. The molecule has 82 valence electrons. The second-order valence-corrected chi connectivity index (χ2v) is 2.40. The lowest BCUT2D eigenvalue weighted by Crippen LogP contribution is -2.72. The van der Waals surface area contributed by atoms with Gasteiger partial charge in [-0.15, -0.1) is 12.4 Å². The minimum absolute atomic E-state index is 0. The Morgan fingerprint density at radius 2 is 1.57 bits per heavy atom. The molecular weight excluding hydrogens is 212 g/mol. The predicted molar refractivity (Wildman–Crippen MR) is 51.2 cm³/mol. The van der Waals surface area contributed by atoms with Crippen LogP contribution in [0.4, 0.5) is 0 Å². The average Bonchev–Trinajstić information content (AvgIpc) is 2.05. The second kappa shape index (κ2) is 7.10. The molecular formula is C6H13ClN4O3. The van der Waals surface area contributed by atoms with Crippen molar-refractivity contribution in [3.8, 4) is 0 Å². The molecule has 3 amide bonds. The van der Waals surface area contributed by atoms with E-state index >= 15 is 0 Å². The number of amides is 3. The quantitative estimate of drug-likeness (QED) is 0.286. The first kappa shape index (κ1) is 15.1. The highest BCUT2D eigenvalue weighted by Gasteiger charge is 2.30. The van der Waals surface area contributed by atoms with Gasteiger partial charge in [0.15, 0.2) is 5.79 Å². The lowest BCUT2D eigenvalue weighted by Gasteiger charge is -2.33. The van der Waals surface area contributed by atoms with Crippen molar-refractivity contribution < 1.29 is 14.4 Å². The van der Waals surface area contributed by atoms with Crippen LogP contribution in [0.2, 0.25) is 0 Å². The Balaban J connectivity index is 0. The molecule has 8 heteroatoms. The van der Waals surface area contributed by atoms with Gasteiger partial charge in [0, 0.05) is 0 Å². The molecule has 0 saturated heterocycles. The Morgan fingerprint density at radius 3 is 1.86 bits per heavy atom. The van der Waals surface area contributed by atoms with Crippen molar-refractivity contribution in [3.63, 3.8) is 0 Å². The third-order valence-electron chi connectivity index (χ3n) is 1.60. The minimum Gasteiger partial charge on any atom is -0.350 e. The van der Waals surface area contributed by atoms with Crippen LogP contribution < -0.4 is 21.7 Å². The maximum atomic E-state index is 10.1. The molecule has 0 aromatic rings. The van der Waals surface area contributed by atoms with Crippen LogP contribution in [0.15, 0.2) is 0 Å². The zero-order valence-corrected chi connectivity index (χ0v) is 8.34. The molecule has 0 spiro atoms. The van der Waals surface area contributed by atoms with Crippen molar-refractivity contribution in [1.29, 1.82) is 0 Å². The average molecular weight is 225 g/mol. The van der Waals surface area contributed by atoms with Crippen LogP contribution in [-0.2, 0) is 14.4 Å². The van der Waals surface area contributed by atoms with E-state index in [1.165, 1.54) is 6.92 Å². The molecule has 0 bridgehead atoms. The van der Waals surface area contributed by atoms with Crippen LogP contribution in [0.5, 0.6) is 0 Å². The molecule has 0 aliphatic rings. The Hall–Kier alpha value is -1.34. The Bertz CT molecular complexity index is 192. The monoisotopic (exact) mass is 224 g/mol. The molecule has 5 N–H and O–H groups in total. The fourth-order valence-corrected chi connectivity index (χ4v) is 0.720. The van der Waals surface area contributed by atoms with Gasteiger partial charge >= 0.3 is 0 Å². The lowest BCUT2D eigenvalue weighted by molar-refractivity contribution is -0.117. The number of halogens is 1. The van der Waals surface area contributed by atoms with Gasteiger partial charge in [-0.3, -0.25) is 20.1 Å². The molecule has 1 unspecified atom stereocenters.